The van der Waals surface area contributed by atoms with E-state index in [2.05, 4.69) is 23.1 Å². The first-order valence-electron chi connectivity index (χ1n) is 8.07. The number of amides is 1. The zero-order valence-corrected chi connectivity index (χ0v) is 15.4. The van der Waals surface area contributed by atoms with Crippen LogP contribution >= 0.6 is 23.6 Å². The number of fused-ring (bicyclic) bond motifs is 1. The van der Waals surface area contributed by atoms with Crippen LogP contribution in [-0.2, 0) is 12.8 Å². The summed E-state index contributed by atoms with van der Waals surface area (Å²) in [5.41, 5.74) is 8.80. The Morgan fingerprint density at radius 3 is 2.92 bits per heavy atom. The Balaban J connectivity index is 1.55. The van der Waals surface area contributed by atoms with E-state index in [4.69, 9.17) is 12.2 Å². The van der Waals surface area contributed by atoms with E-state index in [0.29, 0.717) is 11.0 Å². The van der Waals surface area contributed by atoms with Gasteiger partial charge in [-0.3, -0.25) is 15.6 Å². The van der Waals surface area contributed by atoms with Crippen LogP contribution in [-0.4, -0.2) is 11.0 Å². The third-order valence-electron chi connectivity index (χ3n) is 4.12. The second kappa shape index (κ2) is 7.32. The summed E-state index contributed by atoms with van der Waals surface area (Å²) in [4.78, 5) is 14.4. The number of thiophene rings is 1. The summed E-state index contributed by atoms with van der Waals surface area (Å²) >= 11 is 6.80. The minimum atomic E-state index is -0.143. The molecule has 1 atom stereocenters. The zero-order chi connectivity index (χ0) is 17.1. The predicted molar refractivity (Wildman–Crippen MR) is 104 cm³/mol. The minimum absolute atomic E-state index is 0.143. The molecule has 1 amide bonds. The second-order valence-corrected chi connectivity index (χ2v) is 7.85. The molecular formula is C18H21N3OS2. The fraction of sp³-hybridized carbons (Fsp3) is 0.333. The smallest absolute Gasteiger partial charge is 0.279 e. The van der Waals surface area contributed by atoms with Gasteiger partial charge < -0.3 is 5.32 Å². The van der Waals surface area contributed by atoms with Crippen molar-refractivity contribution in [2.75, 3.05) is 5.32 Å². The van der Waals surface area contributed by atoms with E-state index >= 15 is 0 Å². The van der Waals surface area contributed by atoms with E-state index in [1.54, 1.807) is 11.3 Å². The monoisotopic (exact) mass is 359 g/mol. The lowest BCUT2D eigenvalue weighted by atomic mass is 9.90. The third-order valence-corrected chi connectivity index (χ3v) is 5.56. The van der Waals surface area contributed by atoms with Gasteiger partial charge in [0, 0.05) is 10.6 Å². The summed E-state index contributed by atoms with van der Waals surface area (Å²) in [5.74, 6) is 0.558. The van der Waals surface area contributed by atoms with Gasteiger partial charge in [-0.25, -0.2) is 0 Å². The molecule has 0 fully saturated rings. The summed E-state index contributed by atoms with van der Waals surface area (Å²) in [6.45, 7) is 4.28. The van der Waals surface area contributed by atoms with Gasteiger partial charge in [-0.1, -0.05) is 19.1 Å². The van der Waals surface area contributed by atoms with E-state index in [-0.39, 0.29) is 5.91 Å². The Morgan fingerprint density at radius 1 is 1.29 bits per heavy atom. The topological polar surface area (TPSA) is 53.2 Å². The molecule has 3 N–H and O–H groups in total. The average Bonchev–Trinajstić information content (AvgIpc) is 2.95. The van der Waals surface area contributed by atoms with Gasteiger partial charge in [-0.05, 0) is 73.6 Å². The lowest BCUT2D eigenvalue weighted by molar-refractivity contribution is 0.0948. The Kier molecular flexibility index (Phi) is 5.16. The van der Waals surface area contributed by atoms with Crippen molar-refractivity contribution in [1.82, 2.24) is 10.9 Å². The van der Waals surface area contributed by atoms with Gasteiger partial charge in [0.15, 0.2) is 5.11 Å². The van der Waals surface area contributed by atoms with E-state index in [1.165, 1.54) is 16.9 Å². The van der Waals surface area contributed by atoms with Crippen molar-refractivity contribution >= 4 is 40.3 Å². The predicted octanol–water partition coefficient (Wildman–Crippen LogP) is 3.81. The second-order valence-electron chi connectivity index (χ2n) is 6.31. The number of anilines is 1. The van der Waals surface area contributed by atoms with E-state index < -0.39 is 0 Å². The first kappa shape index (κ1) is 16.9. The van der Waals surface area contributed by atoms with Gasteiger partial charge in [0.2, 0.25) is 0 Å². The van der Waals surface area contributed by atoms with Crippen molar-refractivity contribution in [3.8, 4) is 0 Å². The van der Waals surface area contributed by atoms with Crippen molar-refractivity contribution in [3.63, 3.8) is 0 Å². The maximum Gasteiger partial charge on any atom is 0.279 e. The maximum absolute atomic E-state index is 12.3. The molecule has 0 unspecified atom stereocenters. The highest BCUT2D eigenvalue weighted by Gasteiger charge is 2.20. The SMILES string of the molecule is Cc1cccc(NC(=S)NNC(=O)c2cc3c(s2)CC[C@@H](C)C3)c1. The van der Waals surface area contributed by atoms with Gasteiger partial charge in [0.25, 0.3) is 5.91 Å². The summed E-state index contributed by atoms with van der Waals surface area (Å²) in [5, 5.41) is 3.42. The van der Waals surface area contributed by atoms with Gasteiger partial charge in [-0.15, -0.1) is 11.3 Å². The number of hydrazine groups is 1. The maximum atomic E-state index is 12.3. The quantitative estimate of drug-likeness (QED) is 0.564. The van der Waals surface area contributed by atoms with Crippen LogP contribution in [0.25, 0.3) is 0 Å². The lowest BCUT2D eigenvalue weighted by Crippen LogP contribution is -2.43. The van der Waals surface area contributed by atoms with Crippen LogP contribution < -0.4 is 16.2 Å². The Labute approximate surface area is 151 Å². The van der Waals surface area contributed by atoms with Crippen molar-refractivity contribution in [2.24, 2.45) is 5.92 Å². The van der Waals surface area contributed by atoms with Crippen LogP contribution in [0.2, 0.25) is 0 Å². The van der Waals surface area contributed by atoms with Crippen LogP contribution in [0.3, 0.4) is 0 Å². The lowest BCUT2D eigenvalue weighted by Gasteiger charge is -2.16. The molecule has 1 aromatic carbocycles. The van der Waals surface area contributed by atoms with Crippen molar-refractivity contribution in [3.05, 3.63) is 51.2 Å². The number of benzene rings is 1. The van der Waals surface area contributed by atoms with E-state index in [1.807, 2.05) is 37.3 Å². The number of thiocarbonyl (C=S) groups is 1. The number of rotatable bonds is 2. The molecule has 3 rings (SSSR count). The minimum Gasteiger partial charge on any atom is -0.331 e. The molecule has 0 aliphatic heterocycles. The molecule has 0 bridgehead atoms. The standard InChI is InChI=1S/C18H21N3OS2/c1-11-4-3-5-14(9-11)19-18(23)21-20-17(22)16-10-13-8-12(2)6-7-15(13)24-16/h3-5,9-10,12H,6-8H2,1-2H3,(H,20,22)(H2,19,21,23)/t12-/m1/s1. The Morgan fingerprint density at radius 2 is 2.12 bits per heavy atom. The normalized spacial score (nSPS) is 16.2. The van der Waals surface area contributed by atoms with E-state index in [0.717, 1.165) is 29.0 Å². The molecule has 0 saturated heterocycles. The number of hydrogen-bond donors (Lipinski definition) is 3. The average molecular weight is 360 g/mol. The molecule has 1 aromatic heterocycles. The highest BCUT2D eigenvalue weighted by molar-refractivity contribution is 7.80. The van der Waals surface area contributed by atoms with Gasteiger partial charge >= 0.3 is 0 Å². The molecule has 126 valence electrons. The molecule has 0 saturated carbocycles. The number of nitrogens with one attached hydrogen (secondary N) is 3. The molecule has 6 heteroatoms. The van der Waals surface area contributed by atoms with E-state index in [9.17, 15) is 4.79 Å². The summed E-state index contributed by atoms with van der Waals surface area (Å²) < 4.78 is 0. The molecular weight excluding hydrogens is 338 g/mol. The first-order valence-corrected chi connectivity index (χ1v) is 9.29. The fourth-order valence-corrected chi connectivity index (χ4v) is 4.15. The van der Waals surface area contributed by atoms with Crippen molar-refractivity contribution in [1.29, 1.82) is 0 Å². The molecule has 24 heavy (non-hydrogen) atoms. The summed E-state index contributed by atoms with van der Waals surface area (Å²) in [6, 6.07) is 9.91. The zero-order valence-electron chi connectivity index (χ0n) is 13.8. The largest absolute Gasteiger partial charge is 0.331 e. The van der Waals surface area contributed by atoms with Crippen LogP contribution in [0, 0.1) is 12.8 Å². The van der Waals surface area contributed by atoms with Crippen LogP contribution in [0.1, 0.15) is 39.0 Å². The molecule has 1 heterocycles. The number of carbonyl (C=O) groups is 1. The summed E-state index contributed by atoms with van der Waals surface area (Å²) in [7, 11) is 0. The number of carbonyl (C=O) groups excluding carboxylic acids is 1. The molecule has 2 aromatic rings. The van der Waals surface area contributed by atoms with Crippen molar-refractivity contribution in [2.45, 2.75) is 33.1 Å². The summed E-state index contributed by atoms with van der Waals surface area (Å²) in [6.07, 6.45) is 3.35. The molecule has 4 nitrogen and oxygen atoms in total. The van der Waals surface area contributed by atoms with Crippen LogP contribution in [0.5, 0.6) is 0 Å². The van der Waals surface area contributed by atoms with Crippen LogP contribution in [0.15, 0.2) is 30.3 Å². The van der Waals surface area contributed by atoms with Crippen LogP contribution in [0.4, 0.5) is 5.69 Å². The first-order chi connectivity index (χ1) is 11.5. The number of aryl methyl sites for hydroxylation is 2. The molecule has 1 aliphatic carbocycles. The van der Waals surface area contributed by atoms with Gasteiger partial charge in [-0.2, -0.15) is 0 Å². The van der Waals surface area contributed by atoms with Crippen molar-refractivity contribution < 1.29 is 4.79 Å². The molecule has 1 aliphatic rings. The van der Waals surface area contributed by atoms with Gasteiger partial charge in [0.05, 0.1) is 4.88 Å². The molecule has 0 radical (unpaired) electrons. The fourth-order valence-electron chi connectivity index (χ4n) is 2.88. The number of hydrogen-bond acceptors (Lipinski definition) is 3. The Bertz CT molecular complexity index is 769. The molecule has 0 spiro atoms. The van der Waals surface area contributed by atoms with Gasteiger partial charge in [0.1, 0.15) is 0 Å². The third kappa shape index (κ3) is 4.13. The highest BCUT2D eigenvalue weighted by atomic mass is 32.1. The highest BCUT2D eigenvalue weighted by Crippen LogP contribution is 2.32. The Hall–Kier alpha value is -1.92.